The summed E-state index contributed by atoms with van der Waals surface area (Å²) in [7, 11) is -0.244. The van der Waals surface area contributed by atoms with E-state index in [1.165, 1.54) is 40.7 Å². The van der Waals surface area contributed by atoms with Gasteiger partial charge in [0.1, 0.15) is 23.0 Å². The van der Waals surface area contributed by atoms with Gasteiger partial charge in [-0.25, -0.2) is 9.13 Å². The summed E-state index contributed by atoms with van der Waals surface area (Å²) in [4.78, 5) is 44.7. The number of ether oxygens (including phenoxy) is 2. The predicted molar refractivity (Wildman–Crippen MR) is 408 cm³/mol. The van der Waals surface area contributed by atoms with Crippen molar-refractivity contribution in [3.63, 3.8) is 0 Å². The number of carbonyl (C=O) groups is 4. The zero-order chi connectivity index (χ0) is 73.2. The van der Waals surface area contributed by atoms with Gasteiger partial charge >= 0.3 is 50.3 Å². The van der Waals surface area contributed by atoms with E-state index in [9.17, 15) is 33.4 Å². The predicted octanol–water partition coefficient (Wildman–Crippen LogP) is 17.4. The number of carbonyl (C=O) groups excluding carboxylic acids is 3. The van der Waals surface area contributed by atoms with E-state index in [0.29, 0.717) is 49.8 Å². The molecule has 7 aromatic carbocycles. The molecule has 5 N–H and O–H groups in total. The van der Waals surface area contributed by atoms with Crippen LogP contribution in [0.25, 0.3) is 18.2 Å². The summed E-state index contributed by atoms with van der Waals surface area (Å²) >= 11 is 5.25. The summed E-state index contributed by atoms with van der Waals surface area (Å²) in [5.41, 5.74) is 23.5. The molecule has 0 spiro atoms. The average Bonchev–Trinajstić information content (AvgIpc) is 0.833. The number of hydrogen-bond acceptors (Lipinski definition) is 16. The summed E-state index contributed by atoms with van der Waals surface area (Å²) in [6.45, 7) is 9.11. The van der Waals surface area contributed by atoms with Crippen LogP contribution in [-0.4, -0.2) is 79.7 Å². The molecule has 0 saturated heterocycles. The number of carboxylic acids is 1. The van der Waals surface area contributed by atoms with Crippen molar-refractivity contribution in [1.29, 1.82) is 0 Å². The minimum absolute atomic E-state index is 0. The van der Waals surface area contributed by atoms with E-state index in [-0.39, 0.29) is 66.2 Å². The summed E-state index contributed by atoms with van der Waals surface area (Å²) in [6.07, 6.45) is 29.0. The number of phosphoric ester groups is 1. The zero-order valence-electron chi connectivity index (χ0n) is 61.2. The molecular weight excluding hydrogens is 1380 g/mol. The molecule has 548 valence electrons. The van der Waals surface area contributed by atoms with Gasteiger partial charge in [-0.3, -0.25) is 37.3 Å². The Hall–Kier alpha value is -7.21. The van der Waals surface area contributed by atoms with E-state index in [2.05, 4.69) is 82.8 Å². The molecule has 6 aliphatic rings. The molecule has 0 heterocycles. The second-order valence-corrected chi connectivity index (χ2v) is 28.5. The van der Waals surface area contributed by atoms with Crippen LogP contribution in [0.15, 0.2) is 152 Å². The number of Topliss-reactive ketones (excluding diaryl/α,β-unsaturated/α-hetero) is 3. The van der Waals surface area contributed by atoms with Gasteiger partial charge in [-0.15, -0.1) is 0 Å². The number of benzene rings is 7. The molecule has 0 saturated carbocycles. The first kappa shape index (κ1) is 88.2. The zero-order valence-corrected chi connectivity index (χ0v) is 65.8. The third-order valence-corrected chi connectivity index (χ3v) is 20.2. The van der Waals surface area contributed by atoms with Crippen molar-refractivity contribution in [3.8, 4) is 23.0 Å². The van der Waals surface area contributed by atoms with Gasteiger partial charge in [-0.1, -0.05) is 127 Å². The standard InChI is InChI=1S/C14H19O4P.2C11H12O2.C11H12O.C11H12.C10H13NO2.C10H10O.C4H10ClO3P.Na.H2O/c1-3-16-19(15,17-4-2)18-14-11-7-9-12-8-5-6-10-13(12)14;1-13-11-7-3-4-8-9(11)5-2-6-10(8)12;1-13-9-6-5-8-3-2-4-11(12)10(8)7-9;1-8-5-6-9-3-2-4-11(12)10(9)7-8;1-9-5-4-7-10-6-2-3-8-11(9)10;11-9-6-4-8(5-7-9)2-1-3-10(12)13;11-10-7-3-5-8-4-1-2-6-9(8)10;1-3-7-9(5,6)8-4-2;;/h5,7-9,11H,3-4,6,10H2,1-2H3;3-4,7H,2,5-6H2,1H3;5-7H,2-4H2,1H3;5-7H,2-4H2,1H3;2,4-7H,3,8H2,1H3;4-7H,1-3,11H2,(H,12,13);1,3-5,7,11H,2,6H2;3-4H2,1-2H3;;1H2/q;;;;;;;;+1;/p-1. The number of phenols is 1. The Labute approximate surface area is 636 Å². The molecule has 0 fully saturated rings. The maximum absolute atomic E-state index is 12.4. The number of aromatic hydroxyl groups is 1. The van der Waals surface area contributed by atoms with E-state index >= 15 is 0 Å². The van der Waals surface area contributed by atoms with Gasteiger partial charge in [0, 0.05) is 76.0 Å². The van der Waals surface area contributed by atoms with Gasteiger partial charge in [-0.2, -0.15) is 0 Å². The topological polar surface area (TPSA) is 264 Å². The maximum Gasteiger partial charge on any atom is 1.00 e. The van der Waals surface area contributed by atoms with E-state index in [0.717, 1.165) is 150 Å². The second kappa shape index (κ2) is 46.6. The number of rotatable bonds is 16. The molecule has 21 heteroatoms. The van der Waals surface area contributed by atoms with Crippen molar-refractivity contribution in [3.05, 3.63) is 235 Å². The molecule has 13 rings (SSSR count). The molecule has 7 aromatic rings. The van der Waals surface area contributed by atoms with Crippen LogP contribution in [0.4, 0.5) is 5.69 Å². The Kier molecular flexibility index (Phi) is 39.9. The van der Waals surface area contributed by atoms with Crippen molar-refractivity contribution < 1.29 is 106 Å². The fourth-order valence-corrected chi connectivity index (χ4v) is 14.5. The fraction of sp³-hybridized carbons (Fsp3) is 0.366. The van der Waals surface area contributed by atoms with Gasteiger partial charge in [0.2, 0.25) is 0 Å². The number of fused-ring (bicyclic) bond motifs is 6. The molecular formula is C82H101ClNNaO16P2. The van der Waals surface area contributed by atoms with Crippen LogP contribution < -0.4 is 49.3 Å². The number of nitrogens with two attached hydrogens (primary N) is 1. The number of methoxy groups -OCH3 is 2. The third kappa shape index (κ3) is 29.3. The molecule has 17 nitrogen and oxygen atoms in total. The Bertz CT molecular complexity index is 3960. The first-order valence-electron chi connectivity index (χ1n) is 34.9. The number of nitrogen functional groups attached to an aromatic ring is 1. The molecule has 103 heavy (non-hydrogen) atoms. The molecule has 0 unspecified atom stereocenters. The summed E-state index contributed by atoms with van der Waals surface area (Å²) in [6, 6.07) is 43.0. The fourth-order valence-electron chi connectivity index (χ4n) is 12.0. The molecule has 0 aromatic heterocycles. The Balaban J connectivity index is 0.000000251. The minimum Gasteiger partial charge on any atom is -0.870 e. The van der Waals surface area contributed by atoms with E-state index in [1.807, 2.05) is 104 Å². The number of aryl methyl sites for hydroxylation is 5. The largest absolute Gasteiger partial charge is 1.00 e. The van der Waals surface area contributed by atoms with Gasteiger partial charge < -0.3 is 35.4 Å². The van der Waals surface area contributed by atoms with Gasteiger partial charge in [0.15, 0.2) is 17.3 Å². The van der Waals surface area contributed by atoms with Crippen LogP contribution in [0.1, 0.15) is 196 Å². The van der Waals surface area contributed by atoms with Crippen LogP contribution in [0.2, 0.25) is 0 Å². The monoisotopic (exact) mass is 1480 g/mol. The first-order valence-corrected chi connectivity index (χ1v) is 38.8. The molecule has 0 amide bonds. The van der Waals surface area contributed by atoms with Crippen molar-refractivity contribution in [2.24, 2.45) is 0 Å². The van der Waals surface area contributed by atoms with Gasteiger partial charge in [-0.05, 0) is 224 Å². The number of allylic oxidation sites excluding steroid dienone is 3. The van der Waals surface area contributed by atoms with Crippen molar-refractivity contribution in [2.45, 2.75) is 157 Å². The first-order chi connectivity index (χ1) is 48.6. The summed E-state index contributed by atoms with van der Waals surface area (Å²) in [5.74, 6) is 2.73. The van der Waals surface area contributed by atoms with Crippen molar-refractivity contribution in [2.75, 3.05) is 46.4 Å². The summed E-state index contributed by atoms with van der Waals surface area (Å²) < 4.78 is 58.4. The van der Waals surface area contributed by atoms with Crippen LogP contribution in [0.3, 0.4) is 0 Å². The Morgan fingerprint density at radius 1 is 0.524 bits per heavy atom. The number of halogens is 1. The number of hydrogen-bond donors (Lipinski definition) is 3. The number of anilines is 1. The number of phosphoric acid groups is 1. The normalized spacial score (nSPS) is 13.7. The molecule has 0 radical (unpaired) electrons. The molecule has 0 atom stereocenters. The number of aliphatic carboxylic acids is 1. The van der Waals surface area contributed by atoms with Gasteiger partial charge in [0.05, 0.1) is 40.6 Å². The van der Waals surface area contributed by atoms with Crippen molar-refractivity contribution in [1.82, 2.24) is 0 Å². The van der Waals surface area contributed by atoms with Crippen LogP contribution in [0.5, 0.6) is 23.0 Å². The Morgan fingerprint density at radius 3 is 1.55 bits per heavy atom. The maximum atomic E-state index is 12.4. The quantitative estimate of drug-likeness (QED) is 0.0461. The molecule has 6 aliphatic carbocycles. The van der Waals surface area contributed by atoms with E-state index in [4.69, 9.17) is 45.1 Å². The molecule has 0 aliphatic heterocycles. The smallest absolute Gasteiger partial charge is 0.870 e. The van der Waals surface area contributed by atoms with Gasteiger partial charge in [0.25, 0.3) is 0 Å². The summed E-state index contributed by atoms with van der Waals surface area (Å²) in [5, 5.41) is 17.8. The SMILES string of the molecule is CCOP(=O)(Cl)OCC.CCOP(=O)(OCC)Oc1cccc2c1CCC=C2.COc1ccc2c(c1)C(=O)CCC2.COc1cccc2c1CCCC2=O.Cc1ccc2c(c1)C(=O)CCC2.Cc1cccc2c1CCC=C2.Nc1ccc(CCCC(=O)O)cc1.Oc1cccc2c1CCC=C2.[Na+].[OH-]. The van der Waals surface area contributed by atoms with E-state index in [1.54, 1.807) is 48.0 Å². The number of phenolic OH excluding ortho intramolecular Hbond substituents is 1. The third-order valence-electron chi connectivity index (χ3n) is 16.9. The number of ketones is 3. The minimum atomic E-state index is -3.51. The number of carboxylic acid groups (broad SMARTS) is 1. The average molecular weight is 1480 g/mol. The van der Waals surface area contributed by atoms with E-state index < -0.39 is 20.7 Å². The molecule has 0 bridgehead atoms. The van der Waals surface area contributed by atoms with Crippen molar-refractivity contribution >= 4 is 73.2 Å². The Morgan fingerprint density at radius 2 is 1.01 bits per heavy atom. The van der Waals surface area contributed by atoms with Crippen LogP contribution in [0, 0.1) is 13.8 Å². The van der Waals surface area contributed by atoms with Crippen LogP contribution in [-0.2, 0) is 77.0 Å². The van der Waals surface area contributed by atoms with Crippen LogP contribution >= 0.6 is 26.0 Å². The second-order valence-electron chi connectivity index (χ2n) is 24.3.